The number of benzene rings is 1. The van der Waals surface area contributed by atoms with Crippen LogP contribution in [-0.4, -0.2) is 33.2 Å². The monoisotopic (exact) mass is 380 g/mol. The Morgan fingerprint density at radius 2 is 2.07 bits per heavy atom. The molecule has 0 radical (unpaired) electrons. The molecule has 0 unspecified atom stereocenters. The molecule has 4 aromatic rings. The van der Waals surface area contributed by atoms with Gasteiger partial charge in [-0.05, 0) is 49.9 Å². The van der Waals surface area contributed by atoms with Gasteiger partial charge < -0.3 is 8.83 Å². The fourth-order valence-electron chi connectivity index (χ4n) is 3.68. The van der Waals surface area contributed by atoms with Crippen molar-refractivity contribution in [3.05, 3.63) is 53.6 Å². The van der Waals surface area contributed by atoms with Crippen LogP contribution in [0.1, 0.15) is 43.5 Å². The summed E-state index contributed by atoms with van der Waals surface area (Å²) in [5, 5.41) is 10.5. The lowest BCUT2D eigenvalue weighted by Gasteiger charge is -2.34. The summed E-state index contributed by atoms with van der Waals surface area (Å²) >= 11 is 1.61. The van der Waals surface area contributed by atoms with Crippen molar-refractivity contribution >= 4 is 22.4 Å². The molecule has 7 heteroatoms. The summed E-state index contributed by atoms with van der Waals surface area (Å²) in [4.78, 5) is 8.08. The molecule has 4 heterocycles. The lowest BCUT2D eigenvalue weighted by molar-refractivity contribution is 0.131. The van der Waals surface area contributed by atoms with Crippen LogP contribution < -0.4 is 0 Å². The van der Waals surface area contributed by atoms with Crippen molar-refractivity contribution in [2.45, 2.75) is 31.7 Å². The summed E-state index contributed by atoms with van der Waals surface area (Å²) in [6.45, 7) is 4.01. The third-order valence-electron chi connectivity index (χ3n) is 5.19. The Kier molecular flexibility index (Phi) is 4.26. The van der Waals surface area contributed by atoms with Crippen LogP contribution in [-0.2, 0) is 0 Å². The van der Waals surface area contributed by atoms with Crippen LogP contribution in [0.25, 0.3) is 21.9 Å². The number of fused-ring (bicyclic) bond motifs is 1. The molecule has 138 valence electrons. The second kappa shape index (κ2) is 6.90. The predicted molar refractivity (Wildman–Crippen MR) is 104 cm³/mol. The zero-order valence-electron chi connectivity index (χ0n) is 15.0. The van der Waals surface area contributed by atoms with Gasteiger partial charge in [0, 0.05) is 12.5 Å². The molecule has 3 aromatic heterocycles. The van der Waals surface area contributed by atoms with Gasteiger partial charge in [-0.25, -0.2) is 4.98 Å². The first-order valence-electron chi connectivity index (χ1n) is 9.25. The lowest BCUT2D eigenvalue weighted by atomic mass is 9.97. The third kappa shape index (κ3) is 3.17. The molecule has 1 aliphatic heterocycles. The molecule has 0 bridgehead atoms. The van der Waals surface area contributed by atoms with E-state index in [-0.39, 0.29) is 12.0 Å². The average Bonchev–Trinajstić information content (AvgIpc) is 3.47. The van der Waals surface area contributed by atoms with Crippen LogP contribution in [0.15, 0.2) is 50.6 Å². The van der Waals surface area contributed by atoms with Crippen LogP contribution in [0, 0.1) is 0 Å². The van der Waals surface area contributed by atoms with Gasteiger partial charge >= 0.3 is 0 Å². The number of oxazole rings is 1. The molecule has 1 saturated heterocycles. The van der Waals surface area contributed by atoms with Gasteiger partial charge in [0.05, 0.1) is 10.9 Å². The summed E-state index contributed by atoms with van der Waals surface area (Å²) in [5.41, 5.74) is 1.78. The number of hydrogen-bond acceptors (Lipinski definition) is 7. The van der Waals surface area contributed by atoms with E-state index in [0.717, 1.165) is 47.8 Å². The van der Waals surface area contributed by atoms with Gasteiger partial charge in [0.2, 0.25) is 5.89 Å². The van der Waals surface area contributed by atoms with Gasteiger partial charge in [-0.15, -0.1) is 21.5 Å². The van der Waals surface area contributed by atoms with Crippen molar-refractivity contribution in [1.82, 2.24) is 20.1 Å². The Labute approximate surface area is 160 Å². The Morgan fingerprint density at radius 3 is 2.93 bits per heavy atom. The average molecular weight is 380 g/mol. The minimum absolute atomic E-state index is 0.0680. The molecule has 1 aliphatic rings. The van der Waals surface area contributed by atoms with Gasteiger partial charge in [0.1, 0.15) is 5.52 Å². The first-order valence-corrected chi connectivity index (χ1v) is 10.1. The van der Waals surface area contributed by atoms with E-state index in [1.165, 1.54) is 0 Å². The SMILES string of the molecule is C[C@@H](c1nnc(-c2cccs2)o1)N1CCC[C@H](c2nc3ccccc3o2)C1. The van der Waals surface area contributed by atoms with Crippen LogP contribution in [0.2, 0.25) is 0 Å². The molecular weight excluding hydrogens is 360 g/mol. The largest absolute Gasteiger partial charge is 0.440 e. The van der Waals surface area contributed by atoms with E-state index in [0.29, 0.717) is 11.8 Å². The van der Waals surface area contributed by atoms with Crippen LogP contribution in [0.4, 0.5) is 0 Å². The molecule has 2 atom stereocenters. The predicted octanol–water partition coefficient (Wildman–Crippen LogP) is 4.88. The molecule has 5 rings (SSSR count). The fraction of sp³-hybridized carbons (Fsp3) is 0.350. The third-order valence-corrected chi connectivity index (χ3v) is 6.05. The highest BCUT2D eigenvalue weighted by molar-refractivity contribution is 7.13. The summed E-state index contributed by atoms with van der Waals surface area (Å²) in [7, 11) is 0. The highest BCUT2D eigenvalue weighted by Gasteiger charge is 2.30. The van der Waals surface area contributed by atoms with E-state index in [1.807, 2.05) is 41.8 Å². The smallest absolute Gasteiger partial charge is 0.257 e. The molecule has 0 spiro atoms. The van der Waals surface area contributed by atoms with E-state index >= 15 is 0 Å². The quantitative estimate of drug-likeness (QED) is 0.503. The van der Waals surface area contributed by atoms with E-state index in [2.05, 4.69) is 22.0 Å². The maximum atomic E-state index is 6.01. The van der Waals surface area contributed by atoms with E-state index in [1.54, 1.807) is 11.3 Å². The Hall–Kier alpha value is -2.51. The number of thiophene rings is 1. The minimum Gasteiger partial charge on any atom is -0.440 e. The van der Waals surface area contributed by atoms with Gasteiger partial charge in [-0.1, -0.05) is 18.2 Å². The van der Waals surface area contributed by atoms with Gasteiger partial charge in [0.15, 0.2) is 11.5 Å². The number of piperidine rings is 1. The Morgan fingerprint density at radius 1 is 1.15 bits per heavy atom. The number of nitrogens with zero attached hydrogens (tertiary/aromatic N) is 4. The summed E-state index contributed by atoms with van der Waals surface area (Å²) < 4.78 is 11.9. The highest BCUT2D eigenvalue weighted by Crippen LogP contribution is 2.33. The molecular formula is C20H20N4O2S. The van der Waals surface area contributed by atoms with Gasteiger partial charge in [-0.3, -0.25) is 4.90 Å². The van der Waals surface area contributed by atoms with Crippen LogP contribution >= 0.6 is 11.3 Å². The molecule has 0 amide bonds. The second-order valence-corrected chi connectivity index (χ2v) is 7.90. The molecule has 27 heavy (non-hydrogen) atoms. The first kappa shape index (κ1) is 16.6. The maximum Gasteiger partial charge on any atom is 0.257 e. The number of rotatable bonds is 4. The van der Waals surface area contributed by atoms with Gasteiger partial charge in [-0.2, -0.15) is 0 Å². The van der Waals surface area contributed by atoms with E-state index < -0.39 is 0 Å². The Bertz CT molecular complexity index is 1010. The Balaban J connectivity index is 1.34. The molecule has 1 fully saturated rings. The number of aromatic nitrogens is 3. The van der Waals surface area contributed by atoms with Crippen molar-refractivity contribution in [3.63, 3.8) is 0 Å². The zero-order valence-corrected chi connectivity index (χ0v) is 15.9. The molecule has 0 saturated carbocycles. The second-order valence-electron chi connectivity index (χ2n) is 6.95. The van der Waals surface area contributed by atoms with Crippen LogP contribution in [0.3, 0.4) is 0 Å². The molecule has 0 N–H and O–H groups in total. The highest BCUT2D eigenvalue weighted by atomic mass is 32.1. The van der Waals surface area contributed by atoms with Crippen molar-refractivity contribution in [2.75, 3.05) is 13.1 Å². The van der Waals surface area contributed by atoms with Crippen molar-refractivity contribution in [2.24, 2.45) is 0 Å². The van der Waals surface area contributed by atoms with E-state index in [4.69, 9.17) is 13.8 Å². The summed E-state index contributed by atoms with van der Waals surface area (Å²) in [6.07, 6.45) is 2.18. The van der Waals surface area contributed by atoms with E-state index in [9.17, 15) is 0 Å². The number of para-hydroxylation sites is 2. The molecule has 0 aliphatic carbocycles. The first-order chi connectivity index (χ1) is 13.3. The summed E-state index contributed by atoms with van der Waals surface area (Å²) in [6, 6.07) is 12.0. The normalized spacial score (nSPS) is 19.5. The van der Waals surface area contributed by atoms with Crippen LogP contribution in [0.5, 0.6) is 0 Å². The lowest BCUT2D eigenvalue weighted by Crippen LogP contribution is -2.36. The standard InChI is InChI=1S/C20H20N4O2S/c1-13(18-22-23-20(26-18)17-9-5-11-27-17)24-10-4-6-14(12-24)19-21-15-7-2-3-8-16(15)25-19/h2-3,5,7-9,11,13-14H,4,6,10,12H2,1H3/t13-,14-/m0/s1. The van der Waals surface area contributed by atoms with Gasteiger partial charge in [0.25, 0.3) is 5.89 Å². The van der Waals surface area contributed by atoms with Crippen molar-refractivity contribution < 1.29 is 8.83 Å². The number of hydrogen-bond donors (Lipinski definition) is 0. The zero-order chi connectivity index (χ0) is 18.2. The fourth-order valence-corrected chi connectivity index (χ4v) is 4.33. The topological polar surface area (TPSA) is 68.2 Å². The maximum absolute atomic E-state index is 6.01. The summed E-state index contributed by atoms with van der Waals surface area (Å²) in [5.74, 6) is 2.38. The van der Waals surface area contributed by atoms with Crippen molar-refractivity contribution in [1.29, 1.82) is 0 Å². The molecule has 6 nitrogen and oxygen atoms in total. The number of likely N-dealkylation sites (tertiary alicyclic amines) is 1. The minimum atomic E-state index is 0.0680. The van der Waals surface area contributed by atoms with Crippen molar-refractivity contribution in [3.8, 4) is 10.8 Å². The molecule has 1 aromatic carbocycles.